The monoisotopic (exact) mass is 285 g/mol. The van der Waals surface area contributed by atoms with Gasteiger partial charge in [-0.25, -0.2) is 4.39 Å². The van der Waals surface area contributed by atoms with E-state index in [-0.39, 0.29) is 17.3 Å². The first-order valence-electron chi connectivity index (χ1n) is 7.51. The highest BCUT2D eigenvalue weighted by atomic mass is 19.1. The highest BCUT2D eigenvalue weighted by Gasteiger charge is 2.32. The number of hydrogen-bond donors (Lipinski definition) is 1. The summed E-state index contributed by atoms with van der Waals surface area (Å²) in [5.74, 6) is -0.189. The number of hydrogen-bond acceptors (Lipinski definition) is 1. The Bertz CT molecular complexity index is 587. The molecule has 0 aromatic heterocycles. The van der Waals surface area contributed by atoms with Gasteiger partial charge in [-0.3, -0.25) is 0 Å². The van der Waals surface area contributed by atoms with Gasteiger partial charge in [0, 0.05) is 11.5 Å². The molecule has 1 N–H and O–H groups in total. The van der Waals surface area contributed by atoms with Crippen LogP contribution in [0.25, 0.3) is 0 Å². The summed E-state index contributed by atoms with van der Waals surface area (Å²) in [5.41, 5.74) is 3.58. The maximum absolute atomic E-state index is 13.2. The Morgan fingerprint density at radius 3 is 2.24 bits per heavy atom. The fraction of sp³-hybridized carbons (Fsp3) is 0.368. The number of benzene rings is 2. The van der Waals surface area contributed by atoms with Crippen LogP contribution in [0, 0.1) is 12.7 Å². The molecule has 1 unspecified atom stereocenters. The van der Waals surface area contributed by atoms with Crippen LogP contribution >= 0.6 is 0 Å². The molecule has 0 aliphatic carbocycles. The van der Waals surface area contributed by atoms with Crippen LogP contribution in [-0.2, 0) is 5.41 Å². The summed E-state index contributed by atoms with van der Waals surface area (Å²) in [6.45, 7) is 9.57. The molecule has 0 heterocycles. The van der Waals surface area contributed by atoms with E-state index in [1.807, 2.05) is 12.1 Å². The number of likely N-dealkylation sites (N-methyl/N-ethyl adjacent to an activating group) is 1. The quantitative estimate of drug-likeness (QED) is 0.835. The molecule has 0 aliphatic rings. The van der Waals surface area contributed by atoms with Gasteiger partial charge in [0.2, 0.25) is 0 Å². The lowest BCUT2D eigenvalue weighted by Crippen LogP contribution is -2.37. The third-order valence-electron chi connectivity index (χ3n) is 4.22. The van der Waals surface area contributed by atoms with Crippen molar-refractivity contribution < 1.29 is 4.39 Å². The first kappa shape index (κ1) is 15.7. The Balaban J connectivity index is 2.45. The molecule has 0 spiro atoms. The number of rotatable bonds is 5. The van der Waals surface area contributed by atoms with Crippen LogP contribution in [-0.4, -0.2) is 6.54 Å². The normalized spacial score (nSPS) is 13.2. The Kier molecular flexibility index (Phi) is 4.79. The minimum absolute atomic E-state index is 0.129. The van der Waals surface area contributed by atoms with Gasteiger partial charge in [0.25, 0.3) is 0 Å². The fourth-order valence-electron chi connectivity index (χ4n) is 2.91. The third kappa shape index (κ3) is 3.33. The van der Waals surface area contributed by atoms with Crippen molar-refractivity contribution in [3.8, 4) is 0 Å². The van der Waals surface area contributed by atoms with Crippen LogP contribution in [0.15, 0.2) is 48.5 Å². The molecule has 1 nitrogen and oxygen atoms in total. The van der Waals surface area contributed by atoms with E-state index >= 15 is 0 Å². The van der Waals surface area contributed by atoms with Crippen LogP contribution in [0.4, 0.5) is 4.39 Å². The van der Waals surface area contributed by atoms with Gasteiger partial charge in [-0.2, -0.15) is 0 Å². The van der Waals surface area contributed by atoms with Crippen molar-refractivity contribution in [3.05, 3.63) is 71.0 Å². The van der Waals surface area contributed by atoms with Gasteiger partial charge in [-0.15, -0.1) is 0 Å². The lowest BCUT2D eigenvalue weighted by atomic mass is 9.74. The molecule has 2 aromatic carbocycles. The predicted octanol–water partition coefficient (Wildman–Crippen LogP) is 4.76. The standard InChI is InChI=1S/C19H24FN/c1-5-21-18(17-9-7-6-8-14(17)2)19(3,4)15-10-12-16(20)13-11-15/h6-13,18,21H,5H2,1-4H3. The second kappa shape index (κ2) is 6.40. The minimum atomic E-state index is -0.189. The maximum atomic E-state index is 13.2. The molecule has 0 fully saturated rings. The zero-order valence-corrected chi connectivity index (χ0v) is 13.3. The Hall–Kier alpha value is -1.67. The molecule has 0 saturated carbocycles. The topological polar surface area (TPSA) is 12.0 Å². The summed E-state index contributed by atoms with van der Waals surface area (Å²) in [5, 5.41) is 3.60. The molecule has 0 radical (unpaired) electrons. The van der Waals surface area contributed by atoms with E-state index in [4.69, 9.17) is 0 Å². The lowest BCUT2D eigenvalue weighted by molar-refractivity contribution is 0.352. The van der Waals surface area contributed by atoms with Crippen molar-refractivity contribution in [1.82, 2.24) is 5.32 Å². The Morgan fingerprint density at radius 1 is 1.05 bits per heavy atom. The second-order valence-electron chi connectivity index (χ2n) is 6.08. The van der Waals surface area contributed by atoms with E-state index in [2.05, 4.69) is 57.3 Å². The first-order chi connectivity index (χ1) is 9.96. The average Bonchev–Trinajstić information content (AvgIpc) is 2.46. The SMILES string of the molecule is CCNC(c1ccccc1C)C(C)(C)c1ccc(F)cc1. The van der Waals surface area contributed by atoms with Crippen molar-refractivity contribution >= 4 is 0 Å². The zero-order valence-electron chi connectivity index (χ0n) is 13.3. The largest absolute Gasteiger partial charge is 0.309 e. The highest BCUT2D eigenvalue weighted by molar-refractivity contribution is 5.36. The summed E-state index contributed by atoms with van der Waals surface area (Å²) in [7, 11) is 0. The van der Waals surface area contributed by atoms with Gasteiger partial charge in [0.1, 0.15) is 5.82 Å². The molecule has 2 rings (SSSR count). The van der Waals surface area contributed by atoms with Gasteiger partial charge in [-0.1, -0.05) is 57.2 Å². The number of aryl methyl sites for hydroxylation is 1. The smallest absolute Gasteiger partial charge is 0.123 e. The highest BCUT2D eigenvalue weighted by Crippen LogP contribution is 2.38. The molecule has 0 saturated heterocycles. The van der Waals surface area contributed by atoms with E-state index in [0.29, 0.717) is 0 Å². The average molecular weight is 285 g/mol. The third-order valence-corrected chi connectivity index (χ3v) is 4.22. The molecule has 0 amide bonds. The molecular weight excluding hydrogens is 261 g/mol. The number of nitrogens with one attached hydrogen (secondary N) is 1. The van der Waals surface area contributed by atoms with E-state index in [0.717, 1.165) is 12.1 Å². The zero-order chi connectivity index (χ0) is 15.5. The van der Waals surface area contributed by atoms with Gasteiger partial charge in [0.15, 0.2) is 0 Å². The van der Waals surface area contributed by atoms with Gasteiger partial charge in [0.05, 0.1) is 0 Å². The van der Waals surface area contributed by atoms with Crippen molar-refractivity contribution in [2.24, 2.45) is 0 Å². The van der Waals surface area contributed by atoms with E-state index in [1.54, 1.807) is 0 Å². The minimum Gasteiger partial charge on any atom is -0.309 e. The number of halogens is 1. The molecule has 2 aromatic rings. The summed E-state index contributed by atoms with van der Waals surface area (Å²) in [4.78, 5) is 0. The molecule has 2 heteroatoms. The van der Waals surface area contributed by atoms with E-state index in [1.165, 1.54) is 23.3 Å². The van der Waals surface area contributed by atoms with Gasteiger partial charge in [-0.05, 0) is 42.3 Å². The van der Waals surface area contributed by atoms with Crippen LogP contribution in [0.5, 0.6) is 0 Å². The van der Waals surface area contributed by atoms with Crippen molar-refractivity contribution in [2.75, 3.05) is 6.54 Å². The predicted molar refractivity (Wildman–Crippen MR) is 87.0 cm³/mol. The Morgan fingerprint density at radius 2 is 1.67 bits per heavy atom. The van der Waals surface area contributed by atoms with Crippen LogP contribution in [0.1, 0.15) is 43.5 Å². The van der Waals surface area contributed by atoms with E-state index < -0.39 is 0 Å². The summed E-state index contributed by atoms with van der Waals surface area (Å²) >= 11 is 0. The molecule has 21 heavy (non-hydrogen) atoms. The second-order valence-corrected chi connectivity index (χ2v) is 6.08. The van der Waals surface area contributed by atoms with Crippen LogP contribution in [0.3, 0.4) is 0 Å². The first-order valence-corrected chi connectivity index (χ1v) is 7.51. The van der Waals surface area contributed by atoms with E-state index in [9.17, 15) is 4.39 Å². The molecular formula is C19H24FN. The van der Waals surface area contributed by atoms with Crippen molar-refractivity contribution in [1.29, 1.82) is 0 Å². The van der Waals surface area contributed by atoms with Gasteiger partial charge < -0.3 is 5.32 Å². The van der Waals surface area contributed by atoms with Crippen LogP contribution < -0.4 is 5.32 Å². The lowest BCUT2D eigenvalue weighted by Gasteiger charge is -2.37. The maximum Gasteiger partial charge on any atom is 0.123 e. The molecule has 0 aliphatic heterocycles. The summed E-state index contributed by atoms with van der Waals surface area (Å²) < 4.78 is 13.2. The van der Waals surface area contributed by atoms with Crippen LogP contribution in [0.2, 0.25) is 0 Å². The molecule has 112 valence electrons. The summed E-state index contributed by atoms with van der Waals surface area (Å²) in [6, 6.07) is 15.5. The molecule has 0 bridgehead atoms. The van der Waals surface area contributed by atoms with Crippen molar-refractivity contribution in [3.63, 3.8) is 0 Å². The molecule has 1 atom stereocenters. The van der Waals surface area contributed by atoms with Gasteiger partial charge >= 0.3 is 0 Å². The fourth-order valence-corrected chi connectivity index (χ4v) is 2.91. The summed E-state index contributed by atoms with van der Waals surface area (Å²) in [6.07, 6.45) is 0. The van der Waals surface area contributed by atoms with Crippen molar-refractivity contribution in [2.45, 2.75) is 39.2 Å². The Labute approximate surface area is 127 Å².